The number of hydrogen-bond donors (Lipinski definition) is 2. The van der Waals surface area contributed by atoms with E-state index >= 15 is 0 Å². The average Bonchev–Trinajstić information content (AvgIpc) is 3.40. The molecule has 0 bridgehead atoms. The Morgan fingerprint density at radius 1 is 1.30 bits per heavy atom. The minimum absolute atomic E-state index is 0.0504. The molecule has 0 fully saturated rings. The first-order chi connectivity index (χ1) is 15.7. The van der Waals surface area contributed by atoms with Crippen LogP contribution < -0.4 is 10.1 Å². The van der Waals surface area contributed by atoms with E-state index in [2.05, 4.69) is 20.6 Å². The number of aromatic nitrogens is 4. The molecule has 2 heterocycles. The van der Waals surface area contributed by atoms with Crippen LogP contribution in [0.1, 0.15) is 59.2 Å². The van der Waals surface area contributed by atoms with Crippen LogP contribution in [0.2, 0.25) is 0 Å². The average molecular weight is 476 g/mol. The van der Waals surface area contributed by atoms with Crippen LogP contribution >= 0.6 is 11.3 Å². The van der Waals surface area contributed by atoms with Crippen molar-refractivity contribution >= 4 is 23.2 Å². The van der Waals surface area contributed by atoms with Crippen molar-refractivity contribution in [2.45, 2.75) is 58.7 Å². The van der Waals surface area contributed by atoms with Crippen LogP contribution in [0.3, 0.4) is 0 Å². The number of rotatable bonds is 11. The number of aryl methyl sites for hydroxylation is 2. The van der Waals surface area contributed by atoms with E-state index in [4.69, 9.17) is 9.84 Å². The minimum atomic E-state index is -0.858. The van der Waals surface area contributed by atoms with E-state index in [9.17, 15) is 14.0 Å². The Bertz CT molecular complexity index is 1110. The van der Waals surface area contributed by atoms with Crippen molar-refractivity contribution in [2.24, 2.45) is 0 Å². The largest absolute Gasteiger partial charge is 0.486 e. The van der Waals surface area contributed by atoms with E-state index in [1.807, 2.05) is 13.8 Å². The molecule has 1 aromatic carbocycles. The van der Waals surface area contributed by atoms with Gasteiger partial charge in [0.15, 0.2) is 0 Å². The molecule has 176 valence electrons. The Labute approximate surface area is 194 Å². The number of halogens is 1. The highest BCUT2D eigenvalue weighted by molar-refractivity contribution is 7.13. The van der Waals surface area contributed by atoms with Crippen molar-refractivity contribution in [2.75, 3.05) is 0 Å². The van der Waals surface area contributed by atoms with Gasteiger partial charge in [0.05, 0.1) is 17.4 Å². The second kappa shape index (κ2) is 10.5. The van der Waals surface area contributed by atoms with Crippen molar-refractivity contribution in [1.29, 1.82) is 0 Å². The first-order valence-electron chi connectivity index (χ1n) is 10.5. The maximum absolute atomic E-state index is 13.0. The monoisotopic (exact) mass is 475 g/mol. The third-order valence-electron chi connectivity index (χ3n) is 5.20. The number of carboxylic acid groups (broad SMARTS) is 1. The summed E-state index contributed by atoms with van der Waals surface area (Å²) in [5.41, 5.74) is 0.422. The Hall–Kier alpha value is -3.34. The number of thiazole rings is 1. The summed E-state index contributed by atoms with van der Waals surface area (Å²) < 4.78 is 20.2. The summed E-state index contributed by atoms with van der Waals surface area (Å²) >= 11 is 1.24. The highest BCUT2D eigenvalue weighted by atomic mass is 32.1. The number of ether oxygens (including phenoxy) is 1. The van der Waals surface area contributed by atoms with Crippen LogP contribution in [-0.2, 0) is 23.5 Å². The van der Waals surface area contributed by atoms with Gasteiger partial charge in [-0.1, -0.05) is 12.1 Å². The summed E-state index contributed by atoms with van der Waals surface area (Å²) in [5.74, 6) is -0.961. The number of aliphatic carboxylic acids is 1. The maximum Gasteiger partial charge on any atom is 0.303 e. The van der Waals surface area contributed by atoms with Crippen LogP contribution in [0.4, 0.5) is 4.39 Å². The molecule has 2 aromatic heterocycles. The lowest BCUT2D eigenvalue weighted by Crippen LogP contribution is -2.43. The Kier molecular flexibility index (Phi) is 7.75. The number of nitrogens with zero attached hydrogens (tertiary/aromatic N) is 4. The molecule has 0 saturated heterocycles. The fourth-order valence-electron chi connectivity index (χ4n) is 3.09. The molecule has 1 atom stereocenters. The summed E-state index contributed by atoms with van der Waals surface area (Å²) in [6.07, 6.45) is 2.79. The van der Waals surface area contributed by atoms with E-state index in [0.717, 1.165) is 0 Å². The molecule has 1 amide bonds. The second-order valence-electron chi connectivity index (χ2n) is 7.77. The summed E-state index contributed by atoms with van der Waals surface area (Å²) in [6.45, 7) is 6.16. The van der Waals surface area contributed by atoms with Gasteiger partial charge in [-0.15, -0.1) is 16.4 Å². The van der Waals surface area contributed by atoms with Crippen molar-refractivity contribution in [3.05, 3.63) is 57.6 Å². The van der Waals surface area contributed by atoms with Crippen LogP contribution in [-0.4, -0.2) is 37.0 Å². The Morgan fingerprint density at radius 3 is 2.70 bits per heavy atom. The molecule has 2 N–H and O–H groups in total. The molecule has 0 aliphatic carbocycles. The summed E-state index contributed by atoms with van der Waals surface area (Å²) in [4.78, 5) is 28.6. The summed E-state index contributed by atoms with van der Waals surface area (Å²) in [5, 5.41) is 20.7. The molecule has 9 nitrogen and oxygen atoms in total. The molecule has 3 aromatic rings. The fourth-order valence-corrected chi connectivity index (χ4v) is 3.97. The predicted octanol–water partition coefficient (Wildman–Crippen LogP) is 3.68. The number of carbonyl (C=O) groups is 2. The number of benzene rings is 1. The van der Waals surface area contributed by atoms with Crippen LogP contribution in [0.5, 0.6) is 5.75 Å². The van der Waals surface area contributed by atoms with E-state index in [0.29, 0.717) is 46.4 Å². The van der Waals surface area contributed by atoms with Gasteiger partial charge in [-0.3, -0.25) is 14.3 Å². The fraction of sp³-hybridized carbons (Fsp3) is 0.409. The van der Waals surface area contributed by atoms with Gasteiger partial charge in [-0.25, -0.2) is 9.37 Å². The van der Waals surface area contributed by atoms with Crippen molar-refractivity contribution in [3.8, 4) is 5.75 Å². The first-order valence-corrected chi connectivity index (χ1v) is 11.3. The molecule has 11 heteroatoms. The van der Waals surface area contributed by atoms with Crippen molar-refractivity contribution in [1.82, 2.24) is 25.3 Å². The number of nitrogens with one attached hydrogen (secondary N) is 1. The van der Waals surface area contributed by atoms with Gasteiger partial charge < -0.3 is 15.2 Å². The van der Waals surface area contributed by atoms with Crippen LogP contribution in [0, 0.1) is 12.7 Å². The number of amides is 1. The Morgan fingerprint density at radius 2 is 2.03 bits per heavy atom. The van der Waals surface area contributed by atoms with Gasteiger partial charge in [-0.2, -0.15) is 0 Å². The van der Waals surface area contributed by atoms with Gasteiger partial charge in [0, 0.05) is 13.0 Å². The molecular formula is C22H26FN5O4S. The molecular weight excluding hydrogens is 449 g/mol. The molecule has 0 saturated carbocycles. The lowest BCUT2D eigenvalue weighted by atomic mass is 9.95. The minimum Gasteiger partial charge on any atom is -0.486 e. The quantitative estimate of drug-likeness (QED) is 0.434. The van der Waals surface area contributed by atoms with Gasteiger partial charge in [-0.05, 0) is 51.0 Å². The molecule has 33 heavy (non-hydrogen) atoms. The summed E-state index contributed by atoms with van der Waals surface area (Å²) in [7, 11) is 0. The zero-order chi connectivity index (χ0) is 24.0. The molecule has 0 aliphatic rings. The topological polar surface area (TPSA) is 119 Å². The molecule has 3 rings (SSSR count). The molecule has 1 unspecified atom stereocenters. The van der Waals surface area contributed by atoms with E-state index in [-0.39, 0.29) is 24.8 Å². The number of hydrogen-bond acceptors (Lipinski definition) is 7. The van der Waals surface area contributed by atoms with E-state index < -0.39 is 11.5 Å². The highest BCUT2D eigenvalue weighted by Crippen LogP contribution is 2.26. The van der Waals surface area contributed by atoms with Crippen molar-refractivity contribution in [3.63, 3.8) is 0 Å². The van der Waals surface area contributed by atoms with Crippen molar-refractivity contribution < 1.29 is 23.8 Å². The maximum atomic E-state index is 13.0. The zero-order valence-corrected chi connectivity index (χ0v) is 19.5. The van der Waals surface area contributed by atoms with Gasteiger partial charge in [0.2, 0.25) is 0 Å². The predicted molar refractivity (Wildman–Crippen MR) is 120 cm³/mol. The van der Waals surface area contributed by atoms with Gasteiger partial charge in [0.1, 0.15) is 33.8 Å². The number of carboxylic acids is 1. The zero-order valence-electron chi connectivity index (χ0n) is 18.7. The first kappa shape index (κ1) is 24.3. The van der Waals surface area contributed by atoms with Crippen LogP contribution in [0.15, 0.2) is 30.5 Å². The lowest BCUT2D eigenvalue weighted by molar-refractivity contribution is -0.137. The molecule has 0 spiro atoms. The summed E-state index contributed by atoms with van der Waals surface area (Å²) in [6, 6.07) is 5.69. The standard InChI is InChI=1S/C22H26FN5O4S/c1-4-22(3,17-12-28(27-26-17)11-5-6-19(29)30)25-21(31)20-14(2)24-18(33-20)13-32-16-9-7-15(23)8-10-16/h7-10,12H,4-6,11,13H2,1-3H3,(H,25,31)(H,29,30). The number of carbonyl (C=O) groups excluding carboxylic acids is 1. The highest BCUT2D eigenvalue weighted by Gasteiger charge is 2.31. The lowest BCUT2D eigenvalue weighted by Gasteiger charge is -2.27. The SMILES string of the molecule is CCC(C)(NC(=O)c1sc(COc2ccc(F)cc2)nc1C)c1cn(CCCC(=O)O)nn1. The third kappa shape index (κ3) is 6.35. The van der Waals surface area contributed by atoms with Gasteiger partial charge in [0.25, 0.3) is 5.91 Å². The van der Waals surface area contributed by atoms with Gasteiger partial charge >= 0.3 is 5.97 Å². The molecule has 0 radical (unpaired) electrons. The van der Waals surface area contributed by atoms with E-state index in [1.165, 1.54) is 35.6 Å². The third-order valence-corrected chi connectivity index (χ3v) is 6.33. The van der Waals surface area contributed by atoms with Crippen LogP contribution in [0.25, 0.3) is 0 Å². The Balaban J connectivity index is 1.65. The van der Waals surface area contributed by atoms with E-state index in [1.54, 1.807) is 17.8 Å². The smallest absolute Gasteiger partial charge is 0.303 e. The normalized spacial score (nSPS) is 12.8. The second-order valence-corrected chi connectivity index (χ2v) is 8.85. The molecule has 0 aliphatic heterocycles.